The summed E-state index contributed by atoms with van der Waals surface area (Å²) in [6.45, 7) is 6.68. The number of likely N-dealkylation sites (tertiary alicyclic amines) is 1. The van der Waals surface area contributed by atoms with E-state index in [9.17, 15) is 13.2 Å². The first-order valence-electron chi connectivity index (χ1n) is 9.29. The number of amides is 1. The highest BCUT2D eigenvalue weighted by Gasteiger charge is 2.29. The average molecular weight is 365 g/mol. The zero-order valence-corrected chi connectivity index (χ0v) is 16.0. The highest BCUT2D eigenvalue weighted by Crippen LogP contribution is 2.26. The first-order chi connectivity index (χ1) is 11.9. The smallest absolute Gasteiger partial charge is 0.254 e. The maximum absolute atomic E-state index is 13.0. The molecule has 0 atom stereocenters. The van der Waals surface area contributed by atoms with Crippen LogP contribution in [0.15, 0.2) is 23.1 Å². The number of hydrogen-bond donors (Lipinski definition) is 0. The minimum atomic E-state index is -3.53. The fourth-order valence-electron chi connectivity index (χ4n) is 3.63. The second kappa shape index (κ2) is 7.46. The van der Waals surface area contributed by atoms with E-state index in [1.165, 1.54) is 0 Å². The van der Waals surface area contributed by atoms with Crippen molar-refractivity contribution in [1.82, 2.24) is 9.21 Å². The van der Waals surface area contributed by atoms with Gasteiger partial charge in [0.25, 0.3) is 5.91 Å². The first kappa shape index (κ1) is 18.4. The van der Waals surface area contributed by atoms with Crippen molar-refractivity contribution in [3.05, 3.63) is 29.3 Å². The fraction of sp³-hybridized carbons (Fsp3) is 0.632. The average Bonchev–Trinajstić information content (AvgIpc) is 2.62. The highest BCUT2D eigenvalue weighted by molar-refractivity contribution is 7.89. The zero-order valence-electron chi connectivity index (χ0n) is 15.2. The van der Waals surface area contributed by atoms with Gasteiger partial charge in [0.05, 0.1) is 4.90 Å². The van der Waals surface area contributed by atoms with Crippen LogP contribution in [0.5, 0.6) is 0 Å². The molecule has 0 radical (unpaired) electrons. The lowest BCUT2D eigenvalue weighted by atomic mass is 10.0. The third-order valence-corrected chi connectivity index (χ3v) is 7.36. The van der Waals surface area contributed by atoms with Crippen LogP contribution in [0.1, 0.15) is 54.9 Å². The molecule has 0 N–H and O–H groups in total. The standard InChI is InChI=1S/C19H28N2O3S/c1-15-8-12-21(13-9-15)25(23,24)17-7-6-16(2)18(14-17)19(22)20-10-4-3-5-11-20/h6-7,14-15H,3-5,8-13H2,1-2H3. The van der Waals surface area contributed by atoms with Crippen LogP contribution in [0.2, 0.25) is 0 Å². The van der Waals surface area contributed by atoms with Crippen LogP contribution in [0.3, 0.4) is 0 Å². The molecule has 1 amide bonds. The molecule has 138 valence electrons. The number of nitrogens with zero attached hydrogens (tertiary/aromatic N) is 2. The molecule has 1 aromatic carbocycles. The monoisotopic (exact) mass is 364 g/mol. The number of hydrogen-bond acceptors (Lipinski definition) is 3. The van der Waals surface area contributed by atoms with Gasteiger partial charge in [0.1, 0.15) is 0 Å². The van der Waals surface area contributed by atoms with E-state index in [2.05, 4.69) is 6.92 Å². The van der Waals surface area contributed by atoms with E-state index in [1.54, 1.807) is 22.5 Å². The van der Waals surface area contributed by atoms with Crippen molar-refractivity contribution in [2.24, 2.45) is 5.92 Å². The van der Waals surface area contributed by atoms with Crippen molar-refractivity contribution in [1.29, 1.82) is 0 Å². The fourth-order valence-corrected chi connectivity index (χ4v) is 5.13. The summed E-state index contributed by atoms with van der Waals surface area (Å²) in [7, 11) is -3.53. The number of sulfonamides is 1. The normalized spacial score (nSPS) is 20.6. The quantitative estimate of drug-likeness (QED) is 0.828. The van der Waals surface area contributed by atoms with Crippen LogP contribution < -0.4 is 0 Å². The molecular formula is C19H28N2O3S. The Balaban J connectivity index is 1.86. The summed E-state index contributed by atoms with van der Waals surface area (Å²) in [5, 5.41) is 0. The lowest BCUT2D eigenvalue weighted by Gasteiger charge is -2.30. The van der Waals surface area contributed by atoms with E-state index < -0.39 is 10.0 Å². The van der Waals surface area contributed by atoms with E-state index in [4.69, 9.17) is 0 Å². The van der Waals surface area contributed by atoms with Gasteiger partial charge in [-0.05, 0) is 62.6 Å². The maximum atomic E-state index is 13.0. The molecule has 0 spiro atoms. The third kappa shape index (κ3) is 3.90. The second-order valence-electron chi connectivity index (χ2n) is 7.42. The number of aryl methyl sites for hydroxylation is 1. The van der Waals surface area contributed by atoms with Gasteiger partial charge in [-0.15, -0.1) is 0 Å². The van der Waals surface area contributed by atoms with Gasteiger partial charge in [0.15, 0.2) is 0 Å². The molecule has 0 bridgehead atoms. The Morgan fingerprint density at radius 2 is 1.68 bits per heavy atom. The van der Waals surface area contributed by atoms with Gasteiger partial charge in [-0.25, -0.2) is 8.42 Å². The predicted molar refractivity (Wildman–Crippen MR) is 98.1 cm³/mol. The van der Waals surface area contributed by atoms with Crippen LogP contribution in [0, 0.1) is 12.8 Å². The molecule has 6 heteroatoms. The van der Waals surface area contributed by atoms with Crippen molar-refractivity contribution in [3.8, 4) is 0 Å². The summed E-state index contributed by atoms with van der Waals surface area (Å²) in [5.41, 5.74) is 1.36. The lowest BCUT2D eigenvalue weighted by molar-refractivity contribution is 0.0723. The van der Waals surface area contributed by atoms with E-state index in [0.717, 1.165) is 50.8 Å². The summed E-state index contributed by atoms with van der Waals surface area (Å²) >= 11 is 0. The van der Waals surface area contributed by atoms with E-state index >= 15 is 0 Å². The third-order valence-electron chi connectivity index (χ3n) is 5.46. The summed E-state index contributed by atoms with van der Waals surface area (Å²) in [5.74, 6) is 0.530. The maximum Gasteiger partial charge on any atom is 0.254 e. The van der Waals surface area contributed by atoms with Crippen molar-refractivity contribution in [3.63, 3.8) is 0 Å². The summed E-state index contributed by atoms with van der Waals surface area (Å²) < 4.78 is 27.5. The number of carbonyl (C=O) groups excluding carboxylic acids is 1. The van der Waals surface area contributed by atoms with Crippen molar-refractivity contribution < 1.29 is 13.2 Å². The number of benzene rings is 1. The molecule has 2 fully saturated rings. The molecule has 1 aromatic rings. The van der Waals surface area contributed by atoms with E-state index in [0.29, 0.717) is 24.6 Å². The molecule has 25 heavy (non-hydrogen) atoms. The lowest BCUT2D eigenvalue weighted by Crippen LogP contribution is -2.38. The molecule has 0 unspecified atom stereocenters. The Bertz CT molecular complexity index is 731. The Labute approximate surface area is 151 Å². The highest BCUT2D eigenvalue weighted by atomic mass is 32.2. The summed E-state index contributed by atoms with van der Waals surface area (Å²) in [6.07, 6.45) is 4.99. The first-order valence-corrected chi connectivity index (χ1v) is 10.7. The van der Waals surface area contributed by atoms with Crippen LogP contribution in [0.25, 0.3) is 0 Å². The molecule has 3 rings (SSSR count). The number of rotatable bonds is 3. The molecule has 0 saturated carbocycles. The van der Waals surface area contributed by atoms with Gasteiger partial charge in [-0.2, -0.15) is 4.31 Å². The van der Waals surface area contributed by atoms with Gasteiger partial charge < -0.3 is 4.90 Å². The van der Waals surface area contributed by atoms with Crippen LogP contribution >= 0.6 is 0 Å². The van der Waals surface area contributed by atoms with Crippen LogP contribution in [0.4, 0.5) is 0 Å². The zero-order chi connectivity index (χ0) is 18.0. The molecular weight excluding hydrogens is 336 g/mol. The van der Waals surface area contributed by atoms with Crippen LogP contribution in [-0.2, 0) is 10.0 Å². The van der Waals surface area contributed by atoms with Gasteiger partial charge in [-0.3, -0.25) is 4.79 Å². The largest absolute Gasteiger partial charge is 0.339 e. The minimum absolute atomic E-state index is 0.0403. The van der Waals surface area contributed by atoms with Crippen molar-refractivity contribution in [2.75, 3.05) is 26.2 Å². The van der Waals surface area contributed by atoms with E-state index in [-0.39, 0.29) is 10.8 Å². The van der Waals surface area contributed by atoms with Crippen molar-refractivity contribution >= 4 is 15.9 Å². The topological polar surface area (TPSA) is 57.7 Å². The predicted octanol–water partition coefficient (Wildman–Crippen LogP) is 3.04. The minimum Gasteiger partial charge on any atom is -0.339 e. The van der Waals surface area contributed by atoms with Gasteiger partial charge in [-0.1, -0.05) is 13.0 Å². The summed E-state index contributed by atoms with van der Waals surface area (Å²) in [6, 6.07) is 4.98. The number of piperidine rings is 2. The van der Waals surface area contributed by atoms with Crippen molar-refractivity contribution in [2.45, 2.75) is 50.8 Å². The Morgan fingerprint density at radius 1 is 1.04 bits per heavy atom. The molecule has 2 aliphatic heterocycles. The Hall–Kier alpha value is -1.40. The molecule has 5 nitrogen and oxygen atoms in total. The second-order valence-corrected chi connectivity index (χ2v) is 9.35. The molecule has 0 aliphatic carbocycles. The molecule has 0 aromatic heterocycles. The number of carbonyl (C=O) groups is 1. The molecule has 2 saturated heterocycles. The molecule has 2 aliphatic rings. The SMILES string of the molecule is Cc1ccc(S(=O)(=O)N2CCC(C)CC2)cc1C(=O)N1CCCCC1. The van der Waals surface area contributed by atoms with E-state index in [1.807, 2.05) is 11.8 Å². The summed E-state index contributed by atoms with van der Waals surface area (Å²) in [4.78, 5) is 14.9. The van der Waals surface area contributed by atoms with Gasteiger partial charge in [0.2, 0.25) is 10.0 Å². The van der Waals surface area contributed by atoms with Gasteiger partial charge in [0, 0.05) is 31.7 Å². The Morgan fingerprint density at radius 3 is 2.32 bits per heavy atom. The van der Waals surface area contributed by atoms with Crippen LogP contribution in [-0.4, -0.2) is 49.7 Å². The molecule has 2 heterocycles. The van der Waals surface area contributed by atoms with Gasteiger partial charge >= 0.3 is 0 Å². The Kier molecular flexibility index (Phi) is 5.49.